The smallest absolute Gasteiger partial charge is 0.315 e. The van der Waals surface area contributed by atoms with Gasteiger partial charge in [0, 0.05) is 0 Å². The lowest BCUT2D eigenvalue weighted by molar-refractivity contribution is -0.139. The fourth-order valence-corrected chi connectivity index (χ4v) is 1.77. The average molecular weight is 229 g/mol. The minimum atomic E-state index is -0.246. The summed E-state index contributed by atoms with van der Waals surface area (Å²) in [5, 5.41) is 8.78. The van der Waals surface area contributed by atoms with E-state index in [0.29, 0.717) is 12.4 Å². The molecule has 0 aliphatic carbocycles. The van der Waals surface area contributed by atoms with E-state index in [2.05, 4.69) is 6.07 Å². The zero-order valence-electron chi connectivity index (χ0n) is 9.71. The molecule has 0 aliphatic heterocycles. The SMILES string of the molecule is CCOC(=O)CSCCCC(C)(C)C#N. The minimum absolute atomic E-state index is 0.151. The van der Waals surface area contributed by atoms with Crippen LogP contribution in [0.4, 0.5) is 0 Å². The summed E-state index contributed by atoms with van der Waals surface area (Å²) >= 11 is 1.57. The lowest BCUT2D eigenvalue weighted by atomic mass is 9.90. The van der Waals surface area contributed by atoms with Crippen LogP contribution in [0.15, 0.2) is 0 Å². The highest BCUT2D eigenvalue weighted by molar-refractivity contribution is 7.99. The van der Waals surface area contributed by atoms with Crippen molar-refractivity contribution in [2.45, 2.75) is 33.6 Å². The number of carbonyl (C=O) groups is 1. The number of esters is 1. The number of nitrogens with zero attached hydrogens (tertiary/aromatic N) is 1. The summed E-state index contributed by atoms with van der Waals surface area (Å²) in [4.78, 5) is 11.0. The van der Waals surface area contributed by atoms with Crippen molar-refractivity contribution < 1.29 is 9.53 Å². The molecule has 0 aliphatic rings. The molecule has 0 saturated carbocycles. The molecule has 0 aromatic rings. The normalized spacial score (nSPS) is 10.8. The van der Waals surface area contributed by atoms with Crippen molar-refractivity contribution in [1.82, 2.24) is 0 Å². The van der Waals surface area contributed by atoms with Gasteiger partial charge in [-0.2, -0.15) is 17.0 Å². The predicted octanol–water partition coefficient (Wildman–Crippen LogP) is 2.61. The summed E-state index contributed by atoms with van der Waals surface area (Å²) in [5.74, 6) is 1.17. The van der Waals surface area contributed by atoms with Crippen molar-refractivity contribution in [3.8, 4) is 6.07 Å². The van der Waals surface area contributed by atoms with E-state index >= 15 is 0 Å². The molecule has 0 bridgehead atoms. The van der Waals surface area contributed by atoms with Crippen molar-refractivity contribution >= 4 is 17.7 Å². The van der Waals surface area contributed by atoms with Gasteiger partial charge in [-0.1, -0.05) is 0 Å². The first kappa shape index (κ1) is 14.3. The molecular weight excluding hydrogens is 210 g/mol. The molecular formula is C11H19NO2S. The van der Waals surface area contributed by atoms with E-state index in [4.69, 9.17) is 10.00 Å². The third-order valence-electron chi connectivity index (χ3n) is 1.92. The Labute approximate surface area is 96.2 Å². The van der Waals surface area contributed by atoms with Gasteiger partial charge in [0.05, 0.1) is 23.8 Å². The summed E-state index contributed by atoms with van der Waals surface area (Å²) < 4.78 is 4.80. The van der Waals surface area contributed by atoms with Gasteiger partial charge in [-0.15, -0.1) is 0 Å². The fraction of sp³-hybridized carbons (Fsp3) is 0.818. The van der Waals surface area contributed by atoms with Crippen molar-refractivity contribution in [2.24, 2.45) is 5.41 Å². The van der Waals surface area contributed by atoms with Crippen LogP contribution in [-0.4, -0.2) is 24.1 Å². The Morgan fingerprint density at radius 1 is 1.53 bits per heavy atom. The molecule has 0 aromatic heterocycles. The average Bonchev–Trinajstić information content (AvgIpc) is 2.17. The zero-order chi connectivity index (χ0) is 11.7. The fourth-order valence-electron chi connectivity index (χ4n) is 1.03. The molecule has 0 heterocycles. The van der Waals surface area contributed by atoms with E-state index in [9.17, 15) is 4.79 Å². The first-order valence-electron chi connectivity index (χ1n) is 5.16. The Balaban J connectivity index is 3.41. The molecule has 0 aromatic carbocycles. The van der Waals surface area contributed by atoms with Gasteiger partial charge >= 0.3 is 5.97 Å². The Hall–Kier alpha value is -0.690. The zero-order valence-corrected chi connectivity index (χ0v) is 10.5. The third kappa shape index (κ3) is 8.31. The van der Waals surface area contributed by atoms with E-state index in [1.54, 1.807) is 18.7 Å². The van der Waals surface area contributed by atoms with E-state index in [1.165, 1.54) is 0 Å². The monoisotopic (exact) mass is 229 g/mol. The molecule has 86 valence electrons. The molecule has 0 atom stereocenters. The van der Waals surface area contributed by atoms with Gasteiger partial charge in [0.2, 0.25) is 0 Å². The largest absolute Gasteiger partial charge is 0.465 e. The van der Waals surface area contributed by atoms with Crippen LogP contribution in [0.5, 0.6) is 0 Å². The number of carbonyl (C=O) groups excluding carboxylic acids is 1. The minimum Gasteiger partial charge on any atom is -0.465 e. The molecule has 15 heavy (non-hydrogen) atoms. The molecule has 0 amide bonds. The number of nitriles is 1. The highest BCUT2D eigenvalue weighted by Crippen LogP contribution is 2.21. The number of thioether (sulfide) groups is 1. The van der Waals surface area contributed by atoms with E-state index in [-0.39, 0.29) is 11.4 Å². The molecule has 0 N–H and O–H groups in total. The van der Waals surface area contributed by atoms with Gasteiger partial charge in [0.25, 0.3) is 0 Å². The maximum Gasteiger partial charge on any atom is 0.315 e. The van der Waals surface area contributed by atoms with E-state index in [1.807, 2.05) is 13.8 Å². The summed E-state index contributed by atoms with van der Waals surface area (Å²) in [5.41, 5.74) is -0.246. The second kappa shape index (κ2) is 7.58. The van der Waals surface area contributed by atoms with Gasteiger partial charge in [-0.3, -0.25) is 4.79 Å². The van der Waals surface area contributed by atoms with Gasteiger partial charge in [-0.25, -0.2) is 0 Å². The summed E-state index contributed by atoms with van der Waals surface area (Å²) in [6.45, 7) is 6.12. The van der Waals surface area contributed by atoms with Crippen molar-refractivity contribution in [3.63, 3.8) is 0 Å². The molecule has 0 fully saturated rings. The van der Waals surface area contributed by atoms with Crippen molar-refractivity contribution in [1.29, 1.82) is 5.26 Å². The maximum absolute atomic E-state index is 11.0. The highest BCUT2D eigenvalue weighted by Gasteiger charge is 2.15. The highest BCUT2D eigenvalue weighted by atomic mass is 32.2. The van der Waals surface area contributed by atoms with Gasteiger partial charge in [0.1, 0.15) is 0 Å². The summed E-state index contributed by atoms with van der Waals surface area (Å²) in [7, 11) is 0. The predicted molar refractivity (Wildman–Crippen MR) is 62.6 cm³/mol. The van der Waals surface area contributed by atoms with Crippen molar-refractivity contribution in [3.05, 3.63) is 0 Å². The molecule has 0 spiro atoms. The van der Waals surface area contributed by atoms with Crippen LogP contribution >= 0.6 is 11.8 Å². The second-order valence-electron chi connectivity index (χ2n) is 3.96. The Morgan fingerprint density at radius 2 is 2.20 bits per heavy atom. The van der Waals surface area contributed by atoms with Gasteiger partial charge in [0.15, 0.2) is 0 Å². The van der Waals surface area contributed by atoms with E-state index < -0.39 is 0 Å². The van der Waals surface area contributed by atoms with Gasteiger partial charge in [-0.05, 0) is 39.4 Å². The number of hydrogen-bond acceptors (Lipinski definition) is 4. The Morgan fingerprint density at radius 3 is 2.73 bits per heavy atom. The first-order valence-corrected chi connectivity index (χ1v) is 6.32. The standard InChI is InChI=1S/C11H19NO2S/c1-4-14-10(13)8-15-7-5-6-11(2,3)9-12/h4-8H2,1-3H3. The van der Waals surface area contributed by atoms with Crippen LogP contribution in [0, 0.1) is 16.7 Å². The molecule has 3 nitrogen and oxygen atoms in total. The van der Waals surface area contributed by atoms with Crippen LogP contribution < -0.4 is 0 Å². The number of rotatable bonds is 7. The number of hydrogen-bond donors (Lipinski definition) is 0. The van der Waals surface area contributed by atoms with E-state index in [0.717, 1.165) is 18.6 Å². The Bertz CT molecular complexity index is 233. The lowest BCUT2D eigenvalue weighted by Gasteiger charge is -2.13. The van der Waals surface area contributed by atoms with Crippen LogP contribution in [-0.2, 0) is 9.53 Å². The molecule has 0 saturated heterocycles. The number of ether oxygens (including phenoxy) is 1. The molecule has 4 heteroatoms. The molecule has 0 rings (SSSR count). The maximum atomic E-state index is 11.0. The van der Waals surface area contributed by atoms with Crippen LogP contribution in [0.25, 0.3) is 0 Å². The third-order valence-corrected chi connectivity index (χ3v) is 2.94. The van der Waals surface area contributed by atoms with Crippen LogP contribution in [0.1, 0.15) is 33.6 Å². The molecule has 0 radical (unpaired) electrons. The Kier molecular flexibility index (Phi) is 7.23. The van der Waals surface area contributed by atoms with Gasteiger partial charge < -0.3 is 4.74 Å². The first-order chi connectivity index (χ1) is 7.02. The topological polar surface area (TPSA) is 50.1 Å². The molecule has 0 unspecified atom stereocenters. The quantitative estimate of drug-likeness (QED) is 0.497. The second-order valence-corrected chi connectivity index (χ2v) is 5.06. The summed E-state index contributed by atoms with van der Waals surface area (Å²) in [6, 6.07) is 2.26. The van der Waals surface area contributed by atoms with Crippen LogP contribution in [0.2, 0.25) is 0 Å². The van der Waals surface area contributed by atoms with Crippen molar-refractivity contribution in [2.75, 3.05) is 18.1 Å². The summed E-state index contributed by atoms with van der Waals surface area (Å²) in [6.07, 6.45) is 1.84. The lowest BCUT2D eigenvalue weighted by Crippen LogP contribution is -2.09. The van der Waals surface area contributed by atoms with Crippen LogP contribution in [0.3, 0.4) is 0 Å².